The van der Waals surface area contributed by atoms with Crippen LogP contribution in [0, 0.1) is 5.82 Å². The molecule has 7 nitrogen and oxygen atoms in total. The number of esters is 1. The summed E-state index contributed by atoms with van der Waals surface area (Å²) in [6, 6.07) is 7.42. The molecule has 0 unspecified atom stereocenters. The summed E-state index contributed by atoms with van der Waals surface area (Å²) in [5.74, 6) is -1.97. The molecule has 0 bridgehead atoms. The number of aryl methyl sites for hydroxylation is 1. The SMILES string of the molecule is CCOC(=O)c1c(-c2cccs2)csc1NC(=O)c1nn(C)c2ccc(F)cc2c1=O. The predicted octanol–water partition coefficient (Wildman–Crippen LogP) is 4.29. The molecular formula is C21H16FN3O4S2. The van der Waals surface area contributed by atoms with E-state index in [-0.39, 0.29) is 22.6 Å². The molecule has 0 saturated carbocycles. The van der Waals surface area contributed by atoms with Crippen LogP contribution >= 0.6 is 22.7 Å². The van der Waals surface area contributed by atoms with E-state index in [4.69, 9.17) is 4.74 Å². The molecule has 0 aliphatic rings. The lowest BCUT2D eigenvalue weighted by molar-refractivity contribution is 0.0529. The van der Waals surface area contributed by atoms with Gasteiger partial charge in [0.1, 0.15) is 16.4 Å². The van der Waals surface area contributed by atoms with E-state index in [0.29, 0.717) is 11.1 Å². The van der Waals surface area contributed by atoms with Crippen LogP contribution in [0.15, 0.2) is 45.9 Å². The number of rotatable bonds is 5. The van der Waals surface area contributed by atoms with Gasteiger partial charge in [-0.25, -0.2) is 9.18 Å². The van der Waals surface area contributed by atoms with Crippen LogP contribution in [0.4, 0.5) is 9.39 Å². The van der Waals surface area contributed by atoms with Crippen molar-refractivity contribution in [2.24, 2.45) is 7.05 Å². The van der Waals surface area contributed by atoms with Gasteiger partial charge in [-0.2, -0.15) is 5.10 Å². The van der Waals surface area contributed by atoms with E-state index in [1.807, 2.05) is 17.5 Å². The van der Waals surface area contributed by atoms with E-state index in [1.165, 1.54) is 28.2 Å². The minimum atomic E-state index is -0.795. The van der Waals surface area contributed by atoms with Gasteiger partial charge in [-0.3, -0.25) is 14.3 Å². The van der Waals surface area contributed by atoms with Gasteiger partial charge >= 0.3 is 5.97 Å². The maximum absolute atomic E-state index is 13.7. The Balaban J connectivity index is 1.77. The fourth-order valence-corrected chi connectivity index (χ4v) is 4.90. The summed E-state index contributed by atoms with van der Waals surface area (Å²) >= 11 is 2.59. The Morgan fingerprint density at radius 1 is 1.26 bits per heavy atom. The molecule has 10 heteroatoms. The Labute approximate surface area is 183 Å². The zero-order valence-electron chi connectivity index (χ0n) is 16.5. The van der Waals surface area contributed by atoms with Gasteiger partial charge in [0.05, 0.1) is 17.5 Å². The van der Waals surface area contributed by atoms with E-state index >= 15 is 0 Å². The highest BCUT2D eigenvalue weighted by atomic mass is 32.1. The number of halogens is 1. The highest BCUT2D eigenvalue weighted by molar-refractivity contribution is 7.17. The molecule has 0 radical (unpaired) electrons. The van der Waals surface area contributed by atoms with E-state index in [9.17, 15) is 18.8 Å². The quantitative estimate of drug-likeness (QED) is 0.452. The molecular weight excluding hydrogens is 441 g/mol. The number of carbonyl (C=O) groups is 2. The normalized spacial score (nSPS) is 10.9. The predicted molar refractivity (Wildman–Crippen MR) is 118 cm³/mol. The van der Waals surface area contributed by atoms with Crippen LogP contribution in [0.5, 0.6) is 0 Å². The van der Waals surface area contributed by atoms with Gasteiger partial charge in [-0.1, -0.05) is 6.07 Å². The van der Waals surface area contributed by atoms with Crippen LogP contribution in [0.1, 0.15) is 27.8 Å². The Morgan fingerprint density at radius 3 is 2.77 bits per heavy atom. The van der Waals surface area contributed by atoms with Crippen molar-refractivity contribution in [3.05, 3.63) is 68.4 Å². The van der Waals surface area contributed by atoms with Crippen LogP contribution in [0.25, 0.3) is 21.3 Å². The minimum absolute atomic E-state index is 0.0405. The fourth-order valence-electron chi connectivity index (χ4n) is 3.13. The van der Waals surface area contributed by atoms with Crippen LogP contribution < -0.4 is 10.7 Å². The van der Waals surface area contributed by atoms with Crippen molar-refractivity contribution in [2.75, 3.05) is 11.9 Å². The smallest absolute Gasteiger partial charge is 0.341 e. The minimum Gasteiger partial charge on any atom is -0.462 e. The van der Waals surface area contributed by atoms with Gasteiger partial charge in [0, 0.05) is 22.9 Å². The summed E-state index contributed by atoms with van der Waals surface area (Å²) in [6.45, 7) is 1.86. The number of thiophene rings is 2. The summed E-state index contributed by atoms with van der Waals surface area (Å²) in [4.78, 5) is 39.2. The van der Waals surface area contributed by atoms with E-state index < -0.39 is 28.8 Å². The molecule has 0 aliphatic carbocycles. The van der Waals surface area contributed by atoms with E-state index in [1.54, 1.807) is 19.4 Å². The molecule has 158 valence electrons. The number of ether oxygens (including phenoxy) is 1. The van der Waals surface area contributed by atoms with Crippen LogP contribution in [0.2, 0.25) is 0 Å². The second-order valence-corrected chi connectivity index (χ2v) is 8.30. The number of hydrogen-bond acceptors (Lipinski definition) is 7. The second kappa shape index (κ2) is 8.40. The van der Waals surface area contributed by atoms with Crippen LogP contribution in [0.3, 0.4) is 0 Å². The molecule has 4 aromatic rings. The number of benzene rings is 1. The van der Waals surface area contributed by atoms with Crippen molar-refractivity contribution < 1.29 is 18.7 Å². The average Bonchev–Trinajstić information content (AvgIpc) is 3.40. The van der Waals surface area contributed by atoms with Gasteiger partial charge < -0.3 is 10.1 Å². The zero-order chi connectivity index (χ0) is 22.1. The Bertz CT molecular complexity index is 1360. The molecule has 1 aromatic carbocycles. The second-order valence-electron chi connectivity index (χ2n) is 6.47. The Hall–Kier alpha value is -3.37. The van der Waals surface area contributed by atoms with Crippen molar-refractivity contribution in [1.29, 1.82) is 0 Å². The summed E-state index contributed by atoms with van der Waals surface area (Å²) < 4.78 is 20.2. The molecule has 3 heterocycles. The number of anilines is 1. The summed E-state index contributed by atoms with van der Waals surface area (Å²) in [6.07, 6.45) is 0. The summed E-state index contributed by atoms with van der Waals surface area (Å²) in [5, 5.41) is 10.6. The van der Waals surface area contributed by atoms with Crippen LogP contribution in [-0.2, 0) is 11.8 Å². The maximum atomic E-state index is 13.7. The number of fused-ring (bicyclic) bond motifs is 1. The molecule has 0 fully saturated rings. The fraction of sp³-hybridized carbons (Fsp3) is 0.143. The number of nitrogens with one attached hydrogen (secondary N) is 1. The number of hydrogen-bond donors (Lipinski definition) is 1. The van der Waals surface area contributed by atoms with Crippen molar-refractivity contribution in [3.63, 3.8) is 0 Å². The van der Waals surface area contributed by atoms with Crippen molar-refractivity contribution in [2.45, 2.75) is 6.92 Å². The lowest BCUT2D eigenvalue weighted by Gasteiger charge is -2.10. The number of aromatic nitrogens is 2. The van der Waals surface area contributed by atoms with Crippen molar-refractivity contribution >= 4 is 50.5 Å². The highest BCUT2D eigenvalue weighted by Crippen LogP contribution is 2.38. The van der Waals surface area contributed by atoms with Gasteiger partial charge in [-0.05, 0) is 36.6 Å². The first-order chi connectivity index (χ1) is 14.9. The van der Waals surface area contributed by atoms with Crippen LogP contribution in [-0.4, -0.2) is 28.3 Å². The third-order valence-corrected chi connectivity index (χ3v) is 6.31. The van der Waals surface area contributed by atoms with E-state index in [0.717, 1.165) is 22.3 Å². The standard InChI is InChI=1S/C21H16FN3O4S2/c1-3-29-21(28)16-13(15-5-4-8-30-15)10-31-20(16)23-19(27)17-18(26)12-9-11(22)6-7-14(12)25(2)24-17/h4-10H,3H2,1-2H3,(H,23,27). The Morgan fingerprint density at radius 2 is 2.06 bits per heavy atom. The van der Waals surface area contributed by atoms with Crippen molar-refractivity contribution in [1.82, 2.24) is 9.78 Å². The third kappa shape index (κ3) is 3.87. The molecule has 0 spiro atoms. The zero-order valence-corrected chi connectivity index (χ0v) is 18.1. The summed E-state index contributed by atoms with van der Waals surface area (Å²) in [5.41, 5.74) is 0.145. The Kier molecular flexibility index (Phi) is 5.66. The molecule has 3 aromatic heterocycles. The van der Waals surface area contributed by atoms with E-state index in [2.05, 4.69) is 10.4 Å². The largest absolute Gasteiger partial charge is 0.462 e. The molecule has 1 amide bonds. The first-order valence-electron chi connectivity index (χ1n) is 9.21. The lowest BCUT2D eigenvalue weighted by Crippen LogP contribution is -2.26. The summed E-state index contributed by atoms with van der Waals surface area (Å²) in [7, 11) is 1.56. The molecule has 1 N–H and O–H groups in total. The topological polar surface area (TPSA) is 90.3 Å². The highest BCUT2D eigenvalue weighted by Gasteiger charge is 2.25. The van der Waals surface area contributed by atoms with Gasteiger partial charge in [0.2, 0.25) is 5.43 Å². The maximum Gasteiger partial charge on any atom is 0.341 e. The lowest BCUT2D eigenvalue weighted by atomic mass is 10.1. The molecule has 4 rings (SSSR count). The molecule has 0 atom stereocenters. The first-order valence-corrected chi connectivity index (χ1v) is 11.0. The molecule has 0 aliphatic heterocycles. The molecule has 31 heavy (non-hydrogen) atoms. The monoisotopic (exact) mass is 457 g/mol. The van der Waals surface area contributed by atoms with Gasteiger partial charge in [-0.15, -0.1) is 22.7 Å². The average molecular weight is 458 g/mol. The van der Waals surface area contributed by atoms with Gasteiger partial charge in [0.25, 0.3) is 5.91 Å². The third-order valence-electron chi connectivity index (χ3n) is 4.52. The first kappa shape index (κ1) is 20.9. The molecule has 0 saturated heterocycles. The number of carbonyl (C=O) groups excluding carboxylic acids is 2. The number of nitrogens with zero attached hydrogens (tertiary/aromatic N) is 2. The van der Waals surface area contributed by atoms with Gasteiger partial charge in [0.15, 0.2) is 5.69 Å². The number of amides is 1. The van der Waals surface area contributed by atoms with Crippen molar-refractivity contribution in [3.8, 4) is 10.4 Å².